The summed E-state index contributed by atoms with van der Waals surface area (Å²) in [4.78, 5) is 2.84. The Balaban J connectivity index is 2.12. The molecule has 1 aliphatic heterocycles. The highest BCUT2D eigenvalue weighted by molar-refractivity contribution is 7.12. The van der Waals surface area contributed by atoms with Crippen molar-refractivity contribution in [3.05, 3.63) is 21.9 Å². The minimum atomic E-state index is 0.209. The Morgan fingerprint density at radius 3 is 2.79 bits per heavy atom. The van der Waals surface area contributed by atoms with Crippen LogP contribution < -0.4 is 10.6 Å². The van der Waals surface area contributed by atoms with Crippen molar-refractivity contribution in [1.82, 2.24) is 10.6 Å². The largest absolute Gasteiger partial charge is 0.313 e. The maximum atomic E-state index is 3.67. The summed E-state index contributed by atoms with van der Waals surface area (Å²) in [7, 11) is 0. The van der Waals surface area contributed by atoms with Crippen LogP contribution in [0.15, 0.2) is 12.1 Å². The SMILES string of the molecule is Cc1ccc(C2CNCC(C)(C)N2)s1. The van der Waals surface area contributed by atoms with Gasteiger partial charge in [0.1, 0.15) is 0 Å². The fourth-order valence-electron chi connectivity index (χ4n) is 1.92. The third-order valence-corrected chi connectivity index (χ3v) is 3.70. The zero-order chi connectivity index (χ0) is 10.2. The molecular weight excluding hydrogens is 192 g/mol. The van der Waals surface area contributed by atoms with Crippen LogP contribution in [0.1, 0.15) is 29.6 Å². The number of hydrogen-bond acceptors (Lipinski definition) is 3. The zero-order valence-corrected chi connectivity index (χ0v) is 9.87. The molecule has 2 nitrogen and oxygen atoms in total. The van der Waals surface area contributed by atoms with Gasteiger partial charge in [0.2, 0.25) is 0 Å². The zero-order valence-electron chi connectivity index (χ0n) is 9.05. The molecule has 1 aliphatic rings. The minimum absolute atomic E-state index is 0.209. The Labute approximate surface area is 89.7 Å². The van der Waals surface area contributed by atoms with E-state index in [2.05, 4.69) is 43.5 Å². The third-order valence-electron chi connectivity index (χ3n) is 2.58. The summed E-state index contributed by atoms with van der Waals surface area (Å²) < 4.78 is 0. The lowest BCUT2D eigenvalue weighted by Crippen LogP contribution is -2.56. The van der Waals surface area contributed by atoms with Gasteiger partial charge in [-0.1, -0.05) is 0 Å². The molecule has 2 N–H and O–H groups in total. The van der Waals surface area contributed by atoms with Crippen molar-refractivity contribution >= 4 is 11.3 Å². The van der Waals surface area contributed by atoms with Crippen molar-refractivity contribution < 1.29 is 0 Å². The molecule has 0 amide bonds. The molecule has 1 unspecified atom stereocenters. The van der Waals surface area contributed by atoms with Gasteiger partial charge in [-0.15, -0.1) is 11.3 Å². The lowest BCUT2D eigenvalue weighted by molar-refractivity contribution is 0.267. The molecule has 0 aliphatic carbocycles. The Kier molecular flexibility index (Phi) is 2.64. The van der Waals surface area contributed by atoms with Crippen LogP contribution in [0.25, 0.3) is 0 Å². The van der Waals surface area contributed by atoms with E-state index in [1.807, 2.05) is 11.3 Å². The van der Waals surface area contributed by atoms with Gasteiger partial charge in [0.25, 0.3) is 0 Å². The van der Waals surface area contributed by atoms with Crippen molar-refractivity contribution in [2.24, 2.45) is 0 Å². The molecule has 2 rings (SSSR count). The van der Waals surface area contributed by atoms with Crippen molar-refractivity contribution in [2.75, 3.05) is 13.1 Å². The van der Waals surface area contributed by atoms with Crippen LogP contribution in [-0.4, -0.2) is 18.6 Å². The minimum Gasteiger partial charge on any atom is -0.313 e. The molecule has 3 heteroatoms. The van der Waals surface area contributed by atoms with Gasteiger partial charge in [-0.3, -0.25) is 0 Å². The summed E-state index contributed by atoms with van der Waals surface area (Å²) in [6.07, 6.45) is 0. The van der Waals surface area contributed by atoms with E-state index in [9.17, 15) is 0 Å². The average Bonchev–Trinajstić information content (AvgIpc) is 2.50. The van der Waals surface area contributed by atoms with Crippen LogP contribution in [0.5, 0.6) is 0 Å². The second-order valence-electron chi connectivity index (χ2n) is 4.66. The summed E-state index contributed by atoms with van der Waals surface area (Å²) in [6.45, 7) is 8.74. The van der Waals surface area contributed by atoms with Crippen molar-refractivity contribution in [3.8, 4) is 0 Å². The molecule has 1 atom stereocenters. The Morgan fingerprint density at radius 1 is 1.43 bits per heavy atom. The summed E-state index contributed by atoms with van der Waals surface area (Å²) in [5, 5.41) is 7.15. The number of piperazine rings is 1. The predicted molar refractivity (Wildman–Crippen MR) is 61.9 cm³/mol. The van der Waals surface area contributed by atoms with Crippen LogP contribution >= 0.6 is 11.3 Å². The molecule has 1 fully saturated rings. The molecule has 1 saturated heterocycles. The second-order valence-corrected chi connectivity index (χ2v) is 5.98. The van der Waals surface area contributed by atoms with E-state index in [1.165, 1.54) is 9.75 Å². The predicted octanol–water partition coefficient (Wildman–Crippen LogP) is 2.07. The first-order valence-electron chi connectivity index (χ1n) is 5.12. The molecule has 0 spiro atoms. The second kappa shape index (κ2) is 3.65. The molecule has 2 heterocycles. The number of aryl methyl sites for hydroxylation is 1. The maximum Gasteiger partial charge on any atom is 0.0546 e. The summed E-state index contributed by atoms with van der Waals surface area (Å²) in [5.41, 5.74) is 0.209. The summed E-state index contributed by atoms with van der Waals surface area (Å²) in [6, 6.07) is 4.92. The maximum absolute atomic E-state index is 3.67. The lowest BCUT2D eigenvalue weighted by atomic mass is 10.00. The molecule has 1 aromatic rings. The number of hydrogen-bond donors (Lipinski definition) is 2. The normalized spacial score (nSPS) is 26.4. The molecule has 1 aromatic heterocycles. The molecule has 0 radical (unpaired) electrons. The fraction of sp³-hybridized carbons (Fsp3) is 0.636. The standard InChI is InChI=1S/C11H18N2S/c1-8-4-5-10(14-8)9-6-12-7-11(2,3)13-9/h4-5,9,12-13H,6-7H2,1-3H3. The quantitative estimate of drug-likeness (QED) is 0.741. The van der Waals surface area contributed by atoms with Gasteiger partial charge in [0, 0.05) is 28.4 Å². The van der Waals surface area contributed by atoms with Gasteiger partial charge in [-0.05, 0) is 32.9 Å². The molecular formula is C11H18N2S. The van der Waals surface area contributed by atoms with Gasteiger partial charge >= 0.3 is 0 Å². The van der Waals surface area contributed by atoms with Crippen LogP contribution in [-0.2, 0) is 0 Å². The lowest BCUT2D eigenvalue weighted by Gasteiger charge is -2.37. The molecule has 0 aromatic carbocycles. The van der Waals surface area contributed by atoms with Crippen molar-refractivity contribution in [2.45, 2.75) is 32.4 Å². The van der Waals surface area contributed by atoms with Gasteiger partial charge in [0.15, 0.2) is 0 Å². The van der Waals surface area contributed by atoms with E-state index >= 15 is 0 Å². The number of nitrogens with one attached hydrogen (secondary N) is 2. The first-order valence-corrected chi connectivity index (χ1v) is 5.93. The topological polar surface area (TPSA) is 24.1 Å². The fourth-order valence-corrected chi connectivity index (χ4v) is 2.84. The number of rotatable bonds is 1. The Bertz CT molecular complexity index is 317. The molecule has 14 heavy (non-hydrogen) atoms. The highest BCUT2D eigenvalue weighted by Gasteiger charge is 2.27. The summed E-state index contributed by atoms with van der Waals surface area (Å²) >= 11 is 1.89. The smallest absolute Gasteiger partial charge is 0.0546 e. The monoisotopic (exact) mass is 210 g/mol. The Morgan fingerprint density at radius 2 is 2.21 bits per heavy atom. The third kappa shape index (κ3) is 2.16. The Hall–Kier alpha value is -0.380. The first-order chi connectivity index (χ1) is 6.57. The van der Waals surface area contributed by atoms with Crippen LogP contribution in [0.2, 0.25) is 0 Å². The van der Waals surface area contributed by atoms with E-state index in [0.29, 0.717) is 6.04 Å². The van der Waals surface area contributed by atoms with Gasteiger partial charge < -0.3 is 10.6 Å². The average molecular weight is 210 g/mol. The molecule has 0 bridgehead atoms. The molecule has 78 valence electrons. The molecule has 0 saturated carbocycles. The van der Waals surface area contributed by atoms with E-state index in [1.54, 1.807) is 0 Å². The van der Waals surface area contributed by atoms with Gasteiger partial charge in [-0.25, -0.2) is 0 Å². The van der Waals surface area contributed by atoms with Crippen LogP contribution in [0.3, 0.4) is 0 Å². The van der Waals surface area contributed by atoms with Crippen molar-refractivity contribution in [1.29, 1.82) is 0 Å². The highest BCUT2D eigenvalue weighted by atomic mass is 32.1. The number of thiophene rings is 1. The highest BCUT2D eigenvalue weighted by Crippen LogP contribution is 2.25. The summed E-state index contributed by atoms with van der Waals surface area (Å²) in [5.74, 6) is 0. The van der Waals surface area contributed by atoms with Crippen LogP contribution in [0, 0.1) is 6.92 Å². The van der Waals surface area contributed by atoms with Gasteiger partial charge in [0.05, 0.1) is 6.04 Å². The van der Waals surface area contributed by atoms with Gasteiger partial charge in [-0.2, -0.15) is 0 Å². The first kappa shape index (κ1) is 10.1. The van der Waals surface area contributed by atoms with E-state index in [4.69, 9.17) is 0 Å². The van der Waals surface area contributed by atoms with Crippen molar-refractivity contribution in [3.63, 3.8) is 0 Å². The van der Waals surface area contributed by atoms with Crippen LogP contribution in [0.4, 0.5) is 0 Å². The van der Waals surface area contributed by atoms with E-state index < -0.39 is 0 Å². The van der Waals surface area contributed by atoms with E-state index in [0.717, 1.165) is 13.1 Å². The van der Waals surface area contributed by atoms with E-state index in [-0.39, 0.29) is 5.54 Å².